The van der Waals surface area contributed by atoms with Crippen molar-refractivity contribution in [3.63, 3.8) is 0 Å². The van der Waals surface area contributed by atoms with E-state index in [4.69, 9.17) is 4.74 Å². The molecule has 1 unspecified atom stereocenters. The summed E-state index contributed by atoms with van der Waals surface area (Å²) >= 11 is 0. The number of hydrogen-bond donors (Lipinski definition) is 0. The van der Waals surface area contributed by atoms with Crippen LogP contribution in [0.25, 0.3) is 0 Å². The van der Waals surface area contributed by atoms with Crippen LogP contribution in [0.2, 0.25) is 0 Å². The van der Waals surface area contributed by atoms with Crippen molar-refractivity contribution in [1.29, 1.82) is 0 Å². The molecule has 126 valence electrons. The fourth-order valence-electron chi connectivity index (χ4n) is 3.01. The first kappa shape index (κ1) is 16.5. The summed E-state index contributed by atoms with van der Waals surface area (Å²) < 4.78 is 29.0. The Balaban J connectivity index is 1.87. The van der Waals surface area contributed by atoms with Gasteiger partial charge in [-0.2, -0.15) is 0 Å². The zero-order valence-electron chi connectivity index (χ0n) is 13.6. The first-order chi connectivity index (χ1) is 10.9. The third-order valence-electron chi connectivity index (χ3n) is 4.59. The highest BCUT2D eigenvalue weighted by atomic mass is 32.2. The second kappa shape index (κ2) is 6.24. The molecule has 0 radical (unpaired) electrons. The van der Waals surface area contributed by atoms with Crippen molar-refractivity contribution >= 4 is 15.7 Å². The summed E-state index contributed by atoms with van der Waals surface area (Å²) in [4.78, 5) is 15.1. The van der Waals surface area contributed by atoms with Crippen LogP contribution in [0.4, 0.5) is 0 Å². The van der Waals surface area contributed by atoms with Crippen molar-refractivity contribution < 1.29 is 17.9 Å². The highest BCUT2D eigenvalue weighted by Gasteiger charge is 2.35. The van der Waals surface area contributed by atoms with Crippen molar-refractivity contribution in [2.75, 3.05) is 26.0 Å². The number of benzene rings is 1. The molecule has 1 amide bonds. The highest BCUT2D eigenvalue weighted by molar-refractivity contribution is 7.90. The van der Waals surface area contributed by atoms with E-state index in [1.165, 1.54) is 12.3 Å². The van der Waals surface area contributed by atoms with E-state index in [9.17, 15) is 13.2 Å². The third-order valence-corrected chi connectivity index (χ3v) is 5.71. The number of ether oxygens (including phenoxy) is 1. The summed E-state index contributed by atoms with van der Waals surface area (Å²) in [5.74, 6) is 0.334. The smallest absolute Gasteiger partial charge is 0.254 e. The van der Waals surface area contributed by atoms with Gasteiger partial charge in [0.25, 0.3) is 5.91 Å². The van der Waals surface area contributed by atoms with Gasteiger partial charge >= 0.3 is 0 Å². The van der Waals surface area contributed by atoms with Crippen LogP contribution in [0.5, 0.6) is 0 Å². The zero-order chi connectivity index (χ0) is 16.6. The summed E-state index contributed by atoms with van der Waals surface area (Å²) in [6, 6.07) is 5.10. The van der Waals surface area contributed by atoms with Crippen molar-refractivity contribution in [2.45, 2.75) is 37.1 Å². The lowest BCUT2D eigenvalue weighted by molar-refractivity contribution is 0.0705. The topological polar surface area (TPSA) is 63.7 Å². The van der Waals surface area contributed by atoms with Crippen LogP contribution in [-0.4, -0.2) is 51.3 Å². The van der Waals surface area contributed by atoms with Crippen LogP contribution in [0.15, 0.2) is 23.1 Å². The van der Waals surface area contributed by atoms with E-state index in [0.717, 1.165) is 31.4 Å². The molecule has 0 spiro atoms. The lowest BCUT2D eigenvalue weighted by Crippen LogP contribution is -2.37. The number of sulfone groups is 1. The summed E-state index contributed by atoms with van der Waals surface area (Å²) in [5.41, 5.74) is 1.31. The third kappa shape index (κ3) is 3.75. The number of nitrogens with zero attached hydrogens (tertiary/aromatic N) is 1. The van der Waals surface area contributed by atoms with Crippen LogP contribution in [0.1, 0.15) is 35.2 Å². The Morgan fingerprint density at radius 3 is 2.61 bits per heavy atom. The molecule has 1 atom stereocenters. The molecule has 5 nitrogen and oxygen atoms in total. The molecule has 0 N–H and O–H groups in total. The predicted molar refractivity (Wildman–Crippen MR) is 87.3 cm³/mol. The van der Waals surface area contributed by atoms with Crippen molar-refractivity contribution in [3.05, 3.63) is 29.3 Å². The minimum atomic E-state index is -3.32. The van der Waals surface area contributed by atoms with Gasteiger partial charge in [-0.1, -0.05) is 6.07 Å². The first-order valence-corrected chi connectivity index (χ1v) is 9.95. The van der Waals surface area contributed by atoms with Crippen LogP contribution in [0.3, 0.4) is 0 Å². The van der Waals surface area contributed by atoms with Gasteiger partial charge in [-0.3, -0.25) is 4.79 Å². The van der Waals surface area contributed by atoms with E-state index in [-0.39, 0.29) is 10.8 Å². The molecule has 1 saturated carbocycles. The van der Waals surface area contributed by atoms with E-state index in [0.29, 0.717) is 30.7 Å². The highest BCUT2D eigenvalue weighted by Crippen LogP contribution is 2.31. The molecule has 1 heterocycles. The quantitative estimate of drug-likeness (QED) is 0.825. The Bertz CT molecular complexity index is 703. The number of carbonyl (C=O) groups is 1. The van der Waals surface area contributed by atoms with Crippen molar-refractivity contribution in [1.82, 2.24) is 4.90 Å². The molecule has 1 aliphatic carbocycles. The van der Waals surface area contributed by atoms with Crippen molar-refractivity contribution in [3.8, 4) is 0 Å². The average molecular weight is 337 g/mol. The van der Waals surface area contributed by atoms with Gasteiger partial charge in [0.15, 0.2) is 9.84 Å². The minimum Gasteiger partial charge on any atom is -0.381 e. The summed E-state index contributed by atoms with van der Waals surface area (Å²) in [6.07, 6.45) is 4.22. The molecule has 3 rings (SSSR count). The predicted octanol–water partition coefficient (Wildman–Crippen LogP) is 2.04. The van der Waals surface area contributed by atoms with Crippen LogP contribution < -0.4 is 0 Å². The van der Waals surface area contributed by atoms with Gasteiger partial charge in [0.05, 0.1) is 11.5 Å². The molecule has 2 aliphatic rings. The molecule has 1 aromatic rings. The normalized spacial score (nSPS) is 21.4. The van der Waals surface area contributed by atoms with Gasteiger partial charge in [0.2, 0.25) is 0 Å². The van der Waals surface area contributed by atoms with E-state index < -0.39 is 9.84 Å². The SMILES string of the molecule is Cc1ccc(S(C)(=O)=O)cc1C(=O)N(CC1CCOC1)C1CC1. The second-order valence-electron chi connectivity index (χ2n) is 6.67. The summed E-state index contributed by atoms with van der Waals surface area (Å²) in [7, 11) is -3.32. The Labute approximate surface area is 137 Å². The molecule has 0 bridgehead atoms. The van der Waals surface area contributed by atoms with Crippen LogP contribution >= 0.6 is 0 Å². The molecule has 1 saturated heterocycles. The first-order valence-electron chi connectivity index (χ1n) is 8.05. The summed E-state index contributed by atoms with van der Waals surface area (Å²) in [6.45, 7) is 4.02. The van der Waals surface area contributed by atoms with E-state index in [2.05, 4.69) is 0 Å². The van der Waals surface area contributed by atoms with Crippen LogP contribution in [0, 0.1) is 12.8 Å². The maximum absolute atomic E-state index is 13.0. The number of aryl methyl sites for hydroxylation is 1. The second-order valence-corrected chi connectivity index (χ2v) is 8.68. The molecule has 6 heteroatoms. The fourth-order valence-corrected chi connectivity index (χ4v) is 3.65. The number of carbonyl (C=O) groups excluding carboxylic acids is 1. The van der Waals surface area contributed by atoms with E-state index in [1.807, 2.05) is 11.8 Å². The number of rotatable bonds is 5. The Morgan fingerprint density at radius 2 is 2.04 bits per heavy atom. The summed E-state index contributed by atoms with van der Waals surface area (Å²) in [5, 5.41) is 0. The Hall–Kier alpha value is -1.40. The van der Waals surface area contributed by atoms with Crippen LogP contribution in [-0.2, 0) is 14.6 Å². The largest absolute Gasteiger partial charge is 0.381 e. The number of hydrogen-bond acceptors (Lipinski definition) is 4. The molecule has 23 heavy (non-hydrogen) atoms. The Kier molecular flexibility index (Phi) is 4.47. The lowest BCUT2D eigenvalue weighted by Gasteiger charge is -2.26. The van der Waals surface area contributed by atoms with Crippen molar-refractivity contribution in [2.24, 2.45) is 5.92 Å². The van der Waals surface area contributed by atoms with Gasteiger partial charge in [-0.05, 0) is 43.9 Å². The average Bonchev–Trinajstić information content (AvgIpc) is 3.20. The van der Waals surface area contributed by atoms with E-state index >= 15 is 0 Å². The molecular formula is C17H23NO4S. The Morgan fingerprint density at radius 1 is 1.30 bits per heavy atom. The molecule has 0 aromatic heterocycles. The minimum absolute atomic E-state index is 0.0533. The standard InChI is InChI=1S/C17H23NO4S/c1-12-3-6-15(23(2,20)21)9-16(12)17(19)18(14-4-5-14)10-13-7-8-22-11-13/h3,6,9,13-14H,4-5,7-8,10-11H2,1-2H3. The van der Waals surface area contributed by atoms with Gasteiger partial charge < -0.3 is 9.64 Å². The maximum Gasteiger partial charge on any atom is 0.254 e. The fraction of sp³-hybridized carbons (Fsp3) is 0.588. The van der Waals surface area contributed by atoms with Gasteiger partial charge in [0.1, 0.15) is 0 Å². The molecule has 1 aliphatic heterocycles. The monoisotopic (exact) mass is 337 g/mol. The van der Waals surface area contributed by atoms with E-state index in [1.54, 1.807) is 12.1 Å². The lowest BCUT2D eigenvalue weighted by atomic mass is 10.0. The maximum atomic E-state index is 13.0. The molecule has 1 aromatic carbocycles. The zero-order valence-corrected chi connectivity index (χ0v) is 14.4. The van der Waals surface area contributed by atoms with Gasteiger partial charge in [-0.25, -0.2) is 8.42 Å². The van der Waals surface area contributed by atoms with Gasteiger partial charge in [0, 0.05) is 36.9 Å². The number of amides is 1. The van der Waals surface area contributed by atoms with Gasteiger partial charge in [-0.15, -0.1) is 0 Å². The molecule has 2 fully saturated rings. The molecular weight excluding hydrogens is 314 g/mol.